The molecule has 0 unspecified atom stereocenters. The van der Waals surface area contributed by atoms with E-state index in [4.69, 9.17) is 4.42 Å². The van der Waals surface area contributed by atoms with Gasteiger partial charge in [0.05, 0.1) is 18.4 Å². The molecule has 30 heavy (non-hydrogen) atoms. The summed E-state index contributed by atoms with van der Waals surface area (Å²) < 4.78 is 7.30. The smallest absolute Gasteiger partial charge is 0.252 e. The first-order valence-electron chi connectivity index (χ1n) is 9.88. The third-order valence-electron chi connectivity index (χ3n) is 5.18. The first-order chi connectivity index (χ1) is 14.2. The lowest BCUT2D eigenvalue weighted by molar-refractivity contribution is -0.115. The van der Waals surface area contributed by atoms with Crippen LogP contribution >= 0.6 is 0 Å². The molecule has 0 aliphatic carbocycles. The predicted octanol–water partition coefficient (Wildman–Crippen LogP) is 4.50. The fourth-order valence-corrected chi connectivity index (χ4v) is 3.27. The average molecular weight is 403 g/mol. The van der Waals surface area contributed by atoms with Gasteiger partial charge in [0.2, 0.25) is 5.91 Å². The number of hydrogen-bond donors (Lipinski definition) is 1. The van der Waals surface area contributed by atoms with Gasteiger partial charge in [0.25, 0.3) is 5.95 Å². The number of furan rings is 1. The fraction of sp³-hybridized carbons (Fsp3) is 0.304. The molecule has 0 aliphatic rings. The summed E-state index contributed by atoms with van der Waals surface area (Å²) in [4.78, 5) is 21.4. The molecular weight excluding hydrogens is 378 g/mol. The number of nitrogens with one attached hydrogen (secondary N) is 1. The first-order valence-corrected chi connectivity index (χ1v) is 9.88. The van der Waals surface area contributed by atoms with Crippen molar-refractivity contribution < 1.29 is 9.21 Å². The number of carbonyl (C=O) groups excluding carboxylic acids is 1. The maximum atomic E-state index is 12.9. The number of benzene rings is 1. The number of carbonyl (C=O) groups is 1. The van der Waals surface area contributed by atoms with Crippen LogP contribution in [0.3, 0.4) is 0 Å². The molecule has 4 aromatic rings. The zero-order valence-electron chi connectivity index (χ0n) is 17.9. The van der Waals surface area contributed by atoms with Crippen molar-refractivity contribution in [3.63, 3.8) is 0 Å². The molecule has 3 heterocycles. The van der Waals surface area contributed by atoms with Gasteiger partial charge in [0, 0.05) is 34.8 Å². The van der Waals surface area contributed by atoms with Crippen molar-refractivity contribution in [1.29, 1.82) is 0 Å². The SMILES string of the molecule is Cc1ccc2c(CC(=O)Nc3cc(C(C)(C)C)nn3-c3ncccn3)coc2c1C. The van der Waals surface area contributed by atoms with Crippen molar-refractivity contribution in [2.45, 2.75) is 46.5 Å². The Morgan fingerprint density at radius 1 is 1.17 bits per heavy atom. The van der Waals surface area contributed by atoms with E-state index in [1.165, 1.54) is 0 Å². The van der Waals surface area contributed by atoms with E-state index in [9.17, 15) is 4.79 Å². The van der Waals surface area contributed by atoms with Crippen molar-refractivity contribution in [3.8, 4) is 5.95 Å². The van der Waals surface area contributed by atoms with Gasteiger partial charge in [-0.25, -0.2) is 9.97 Å². The quantitative estimate of drug-likeness (QED) is 0.542. The molecule has 0 bridgehead atoms. The molecular formula is C23H25N5O2. The molecule has 0 spiro atoms. The standard InChI is InChI=1S/C23H25N5O2/c1-14-7-8-17-16(13-30-21(17)15(14)2)11-20(29)26-19-12-18(23(3,4)5)27-28(19)22-24-9-6-10-25-22/h6-10,12-13H,11H2,1-5H3,(H,26,29). The van der Waals surface area contributed by atoms with E-state index >= 15 is 0 Å². The van der Waals surface area contributed by atoms with E-state index < -0.39 is 0 Å². The minimum Gasteiger partial charge on any atom is -0.464 e. The van der Waals surface area contributed by atoms with Crippen LogP contribution in [0.4, 0.5) is 5.82 Å². The van der Waals surface area contributed by atoms with Gasteiger partial charge in [-0.1, -0.05) is 32.9 Å². The zero-order valence-corrected chi connectivity index (χ0v) is 17.9. The lowest BCUT2D eigenvalue weighted by Gasteiger charge is -2.13. The number of aryl methyl sites for hydroxylation is 2. The minimum absolute atomic E-state index is 0.159. The number of nitrogens with zero attached hydrogens (tertiary/aromatic N) is 4. The molecule has 0 saturated carbocycles. The summed E-state index contributed by atoms with van der Waals surface area (Å²) in [7, 11) is 0. The van der Waals surface area contributed by atoms with Crippen molar-refractivity contribution in [1.82, 2.24) is 19.7 Å². The van der Waals surface area contributed by atoms with Gasteiger partial charge in [-0.2, -0.15) is 9.78 Å². The van der Waals surface area contributed by atoms with Crippen molar-refractivity contribution in [2.75, 3.05) is 5.32 Å². The highest BCUT2D eigenvalue weighted by Crippen LogP contribution is 2.28. The topological polar surface area (TPSA) is 85.8 Å². The molecule has 0 fully saturated rings. The molecule has 1 amide bonds. The number of aromatic nitrogens is 4. The summed E-state index contributed by atoms with van der Waals surface area (Å²) in [5, 5.41) is 8.56. The van der Waals surface area contributed by atoms with Gasteiger partial charge in [-0.15, -0.1) is 0 Å². The van der Waals surface area contributed by atoms with E-state index in [1.807, 2.05) is 32.0 Å². The van der Waals surface area contributed by atoms with Crippen LogP contribution in [0, 0.1) is 13.8 Å². The molecule has 0 aliphatic heterocycles. The molecule has 7 nitrogen and oxygen atoms in total. The molecule has 0 atom stereocenters. The van der Waals surface area contributed by atoms with E-state index in [1.54, 1.807) is 29.4 Å². The van der Waals surface area contributed by atoms with Crippen LogP contribution in [0.2, 0.25) is 0 Å². The highest BCUT2D eigenvalue weighted by molar-refractivity contribution is 5.95. The highest BCUT2D eigenvalue weighted by Gasteiger charge is 2.23. The van der Waals surface area contributed by atoms with Crippen LogP contribution in [-0.2, 0) is 16.6 Å². The van der Waals surface area contributed by atoms with Gasteiger partial charge in [-0.3, -0.25) is 4.79 Å². The summed E-state index contributed by atoms with van der Waals surface area (Å²) in [6.45, 7) is 10.3. The van der Waals surface area contributed by atoms with E-state index in [2.05, 4.69) is 41.2 Å². The maximum absolute atomic E-state index is 12.9. The van der Waals surface area contributed by atoms with Gasteiger partial charge in [0.15, 0.2) is 0 Å². The summed E-state index contributed by atoms with van der Waals surface area (Å²) >= 11 is 0. The first kappa shape index (κ1) is 19.8. The fourth-order valence-electron chi connectivity index (χ4n) is 3.27. The molecule has 4 rings (SSSR count). The van der Waals surface area contributed by atoms with Crippen molar-refractivity contribution in [2.24, 2.45) is 0 Å². The third kappa shape index (κ3) is 3.70. The summed E-state index contributed by atoms with van der Waals surface area (Å²) in [6.07, 6.45) is 5.15. The Labute approximate surface area is 175 Å². The van der Waals surface area contributed by atoms with Crippen LogP contribution in [0.25, 0.3) is 16.9 Å². The molecule has 154 valence electrons. The monoisotopic (exact) mass is 403 g/mol. The Morgan fingerprint density at radius 3 is 2.60 bits per heavy atom. The Balaban J connectivity index is 1.63. The number of rotatable bonds is 4. The highest BCUT2D eigenvalue weighted by atomic mass is 16.3. The van der Waals surface area contributed by atoms with Crippen LogP contribution in [-0.4, -0.2) is 25.7 Å². The van der Waals surface area contributed by atoms with Gasteiger partial charge in [0.1, 0.15) is 11.4 Å². The third-order valence-corrected chi connectivity index (χ3v) is 5.18. The summed E-state index contributed by atoms with van der Waals surface area (Å²) in [5.74, 6) is 0.785. The minimum atomic E-state index is -0.185. The van der Waals surface area contributed by atoms with Crippen LogP contribution < -0.4 is 5.32 Å². The Bertz CT molecular complexity index is 1220. The number of fused-ring (bicyclic) bond motifs is 1. The van der Waals surface area contributed by atoms with E-state index in [0.29, 0.717) is 11.8 Å². The molecule has 1 N–H and O–H groups in total. The van der Waals surface area contributed by atoms with Crippen molar-refractivity contribution >= 4 is 22.7 Å². The molecule has 0 radical (unpaired) electrons. The summed E-state index contributed by atoms with van der Waals surface area (Å²) in [6, 6.07) is 7.66. The second-order valence-corrected chi connectivity index (χ2v) is 8.50. The number of amides is 1. The lowest BCUT2D eigenvalue weighted by atomic mass is 9.92. The van der Waals surface area contributed by atoms with E-state index in [0.717, 1.165) is 33.4 Å². The normalized spacial score (nSPS) is 11.8. The number of hydrogen-bond acceptors (Lipinski definition) is 5. The van der Waals surface area contributed by atoms with Crippen LogP contribution in [0.5, 0.6) is 0 Å². The zero-order chi connectivity index (χ0) is 21.5. The van der Waals surface area contributed by atoms with E-state index in [-0.39, 0.29) is 17.7 Å². The second kappa shape index (κ2) is 7.40. The molecule has 1 aromatic carbocycles. The average Bonchev–Trinajstić information content (AvgIpc) is 3.30. The van der Waals surface area contributed by atoms with Gasteiger partial charge >= 0.3 is 0 Å². The number of anilines is 1. The largest absolute Gasteiger partial charge is 0.464 e. The molecule has 0 saturated heterocycles. The Hall–Kier alpha value is -3.48. The summed E-state index contributed by atoms with van der Waals surface area (Å²) in [5.41, 5.74) is 4.59. The van der Waals surface area contributed by atoms with Gasteiger partial charge < -0.3 is 9.73 Å². The lowest BCUT2D eigenvalue weighted by Crippen LogP contribution is -2.17. The Kier molecular flexibility index (Phi) is 4.89. The Morgan fingerprint density at radius 2 is 1.90 bits per heavy atom. The second-order valence-electron chi connectivity index (χ2n) is 8.50. The van der Waals surface area contributed by atoms with Crippen LogP contribution in [0.15, 0.2) is 47.3 Å². The van der Waals surface area contributed by atoms with Gasteiger partial charge in [-0.05, 0) is 31.0 Å². The molecule has 7 heteroatoms. The predicted molar refractivity (Wildman–Crippen MR) is 116 cm³/mol. The van der Waals surface area contributed by atoms with Crippen LogP contribution in [0.1, 0.15) is 43.2 Å². The van der Waals surface area contributed by atoms with Crippen molar-refractivity contribution in [3.05, 3.63) is 65.3 Å². The molecule has 3 aromatic heterocycles. The maximum Gasteiger partial charge on any atom is 0.252 e.